The van der Waals surface area contributed by atoms with Gasteiger partial charge in [-0.2, -0.15) is 0 Å². The number of amides is 2. The van der Waals surface area contributed by atoms with E-state index in [0.717, 1.165) is 32.3 Å². The van der Waals surface area contributed by atoms with E-state index in [4.69, 9.17) is 9.84 Å². The number of hydrogen-bond acceptors (Lipinski definition) is 3. The van der Waals surface area contributed by atoms with Crippen molar-refractivity contribution in [3.8, 4) is 0 Å². The third kappa shape index (κ3) is 5.37. The molecule has 0 radical (unpaired) electrons. The average Bonchev–Trinajstić information content (AvgIpc) is 2.54. The molecule has 2 amide bonds. The fourth-order valence-electron chi connectivity index (χ4n) is 3.50. The van der Waals surface area contributed by atoms with Crippen molar-refractivity contribution >= 4 is 12.0 Å². The van der Waals surface area contributed by atoms with Gasteiger partial charge in [-0.1, -0.05) is 13.8 Å². The van der Waals surface area contributed by atoms with Crippen LogP contribution in [0.3, 0.4) is 0 Å². The zero-order valence-electron chi connectivity index (χ0n) is 14.3. The molecule has 2 fully saturated rings. The molecule has 6 heteroatoms. The summed E-state index contributed by atoms with van der Waals surface area (Å²) in [6.07, 6.45) is 6.31. The van der Waals surface area contributed by atoms with Crippen molar-refractivity contribution in [2.75, 3.05) is 13.2 Å². The third-order valence-corrected chi connectivity index (χ3v) is 5.17. The molecule has 3 N–H and O–H groups in total. The molecule has 23 heavy (non-hydrogen) atoms. The second kappa shape index (κ2) is 7.99. The largest absolute Gasteiger partial charge is 0.481 e. The van der Waals surface area contributed by atoms with E-state index in [0.29, 0.717) is 19.4 Å². The molecular weight excluding hydrogens is 296 g/mol. The normalized spacial score (nSPS) is 28.9. The van der Waals surface area contributed by atoms with E-state index < -0.39 is 5.97 Å². The highest BCUT2D eigenvalue weighted by atomic mass is 16.5. The monoisotopic (exact) mass is 326 g/mol. The zero-order chi connectivity index (χ0) is 16.9. The second-order valence-corrected chi connectivity index (χ2v) is 7.56. The van der Waals surface area contributed by atoms with Crippen LogP contribution in [-0.2, 0) is 9.53 Å². The van der Waals surface area contributed by atoms with Gasteiger partial charge in [0.15, 0.2) is 0 Å². The van der Waals surface area contributed by atoms with E-state index in [1.165, 1.54) is 6.42 Å². The number of nitrogens with one attached hydrogen (secondary N) is 2. The maximum Gasteiger partial charge on any atom is 0.315 e. The topological polar surface area (TPSA) is 87.7 Å². The molecule has 1 saturated heterocycles. The number of hydrogen-bond donors (Lipinski definition) is 3. The van der Waals surface area contributed by atoms with Crippen LogP contribution in [0.1, 0.15) is 58.8 Å². The summed E-state index contributed by atoms with van der Waals surface area (Å²) < 4.78 is 5.83. The molecule has 1 heterocycles. The Bertz CT molecular complexity index is 411. The Labute approximate surface area is 138 Å². The Hall–Kier alpha value is -1.30. The van der Waals surface area contributed by atoms with Crippen LogP contribution in [0.2, 0.25) is 0 Å². The Balaban J connectivity index is 1.69. The molecule has 1 unspecified atom stereocenters. The van der Waals surface area contributed by atoms with Gasteiger partial charge in [0, 0.05) is 24.6 Å². The van der Waals surface area contributed by atoms with Crippen LogP contribution in [-0.4, -0.2) is 42.4 Å². The molecule has 2 rings (SSSR count). The number of carboxylic acid groups (broad SMARTS) is 1. The number of rotatable bonds is 5. The minimum Gasteiger partial charge on any atom is -0.481 e. The molecular formula is C17H30N2O4. The molecule has 1 saturated carbocycles. The van der Waals surface area contributed by atoms with Crippen LogP contribution < -0.4 is 10.6 Å². The quantitative estimate of drug-likeness (QED) is 0.724. The van der Waals surface area contributed by atoms with E-state index in [1.54, 1.807) is 0 Å². The highest BCUT2D eigenvalue weighted by Crippen LogP contribution is 2.29. The number of carbonyl (C=O) groups excluding carboxylic acids is 1. The van der Waals surface area contributed by atoms with Crippen molar-refractivity contribution in [2.45, 2.75) is 70.9 Å². The molecule has 0 bridgehead atoms. The number of carboxylic acids is 1. The fourth-order valence-corrected chi connectivity index (χ4v) is 3.50. The van der Waals surface area contributed by atoms with Gasteiger partial charge < -0.3 is 20.5 Å². The summed E-state index contributed by atoms with van der Waals surface area (Å²) in [5, 5.41) is 14.9. The summed E-state index contributed by atoms with van der Waals surface area (Å²) in [4.78, 5) is 23.0. The maximum absolute atomic E-state index is 12.1. The van der Waals surface area contributed by atoms with Crippen LogP contribution >= 0.6 is 0 Å². The molecule has 6 nitrogen and oxygen atoms in total. The van der Waals surface area contributed by atoms with Gasteiger partial charge in [0.05, 0.1) is 12.0 Å². The molecule has 0 spiro atoms. The highest BCUT2D eigenvalue weighted by molar-refractivity contribution is 5.74. The standard InChI is InChI=1S/C17H30N2O4/c1-17(2,14-5-3-4-10-23-14)11-18-16(22)19-13-8-6-12(7-9-13)15(20)21/h12-14H,3-11H2,1-2H3,(H,20,21)(H2,18,19,22). The van der Waals surface area contributed by atoms with Gasteiger partial charge in [-0.25, -0.2) is 4.79 Å². The first-order chi connectivity index (χ1) is 10.9. The number of carbonyl (C=O) groups is 2. The van der Waals surface area contributed by atoms with Gasteiger partial charge in [0.2, 0.25) is 0 Å². The van der Waals surface area contributed by atoms with Crippen LogP contribution in [0.25, 0.3) is 0 Å². The van der Waals surface area contributed by atoms with Crippen molar-refractivity contribution in [3.05, 3.63) is 0 Å². The van der Waals surface area contributed by atoms with Gasteiger partial charge in [-0.15, -0.1) is 0 Å². The predicted octanol–water partition coefficient (Wildman–Crippen LogP) is 2.52. The van der Waals surface area contributed by atoms with E-state index in [9.17, 15) is 9.59 Å². The molecule has 1 aliphatic carbocycles. The summed E-state index contributed by atoms with van der Waals surface area (Å²) in [5.41, 5.74) is -0.0846. The third-order valence-electron chi connectivity index (χ3n) is 5.17. The first-order valence-electron chi connectivity index (χ1n) is 8.77. The lowest BCUT2D eigenvalue weighted by Crippen LogP contribution is -2.49. The minimum absolute atomic E-state index is 0.0830. The van der Waals surface area contributed by atoms with Crippen LogP contribution in [0.5, 0.6) is 0 Å². The van der Waals surface area contributed by atoms with Crippen LogP contribution in [0, 0.1) is 11.3 Å². The van der Waals surface area contributed by atoms with Gasteiger partial charge in [-0.05, 0) is 44.9 Å². The van der Waals surface area contributed by atoms with Crippen molar-refractivity contribution in [2.24, 2.45) is 11.3 Å². The van der Waals surface area contributed by atoms with E-state index in [2.05, 4.69) is 24.5 Å². The second-order valence-electron chi connectivity index (χ2n) is 7.56. The van der Waals surface area contributed by atoms with E-state index in [1.807, 2.05) is 0 Å². The summed E-state index contributed by atoms with van der Waals surface area (Å²) in [6.45, 7) is 5.64. The van der Waals surface area contributed by atoms with Crippen LogP contribution in [0.4, 0.5) is 4.79 Å². The summed E-state index contributed by atoms with van der Waals surface area (Å²) in [6, 6.07) is -0.0766. The molecule has 1 aliphatic heterocycles. The molecule has 2 aliphatic rings. The lowest BCUT2D eigenvalue weighted by atomic mass is 9.82. The van der Waals surface area contributed by atoms with Gasteiger partial charge in [0.25, 0.3) is 0 Å². The number of urea groups is 1. The average molecular weight is 326 g/mol. The smallest absolute Gasteiger partial charge is 0.315 e. The Morgan fingerprint density at radius 2 is 1.83 bits per heavy atom. The maximum atomic E-state index is 12.1. The number of ether oxygens (including phenoxy) is 1. The lowest BCUT2D eigenvalue weighted by molar-refractivity contribution is -0.142. The Morgan fingerprint density at radius 3 is 2.39 bits per heavy atom. The van der Waals surface area contributed by atoms with Gasteiger partial charge in [0.1, 0.15) is 0 Å². The first kappa shape index (κ1) is 18.0. The lowest BCUT2D eigenvalue weighted by Gasteiger charge is -2.37. The Kier molecular flexibility index (Phi) is 6.27. The predicted molar refractivity (Wildman–Crippen MR) is 87.3 cm³/mol. The fraction of sp³-hybridized carbons (Fsp3) is 0.882. The van der Waals surface area contributed by atoms with Crippen molar-refractivity contribution in [1.82, 2.24) is 10.6 Å². The number of aliphatic carboxylic acids is 1. The van der Waals surface area contributed by atoms with Gasteiger partial charge >= 0.3 is 12.0 Å². The first-order valence-corrected chi connectivity index (χ1v) is 8.77. The Morgan fingerprint density at radius 1 is 1.13 bits per heavy atom. The van der Waals surface area contributed by atoms with Crippen molar-refractivity contribution in [1.29, 1.82) is 0 Å². The summed E-state index contributed by atoms with van der Waals surface area (Å²) in [5.74, 6) is -0.972. The van der Waals surface area contributed by atoms with E-state index in [-0.39, 0.29) is 29.5 Å². The molecule has 132 valence electrons. The molecule has 0 aromatic carbocycles. The highest BCUT2D eigenvalue weighted by Gasteiger charge is 2.32. The minimum atomic E-state index is -0.720. The SMILES string of the molecule is CC(C)(CNC(=O)NC1CCC(C(=O)O)CC1)C1CCCCO1. The van der Waals surface area contributed by atoms with E-state index >= 15 is 0 Å². The summed E-state index contributed by atoms with van der Waals surface area (Å²) in [7, 11) is 0. The van der Waals surface area contributed by atoms with Crippen molar-refractivity contribution < 1.29 is 19.4 Å². The molecule has 0 aromatic heterocycles. The molecule has 0 aromatic rings. The zero-order valence-corrected chi connectivity index (χ0v) is 14.3. The molecule has 1 atom stereocenters. The van der Waals surface area contributed by atoms with Gasteiger partial charge in [-0.3, -0.25) is 4.79 Å². The summed E-state index contributed by atoms with van der Waals surface area (Å²) >= 11 is 0. The van der Waals surface area contributed by atoms with Crippen molar-refractivity contribution in [3.63, 3.8) is 0 Å². The van der Waals surface area contributed by atoms with Crippen LogP contribution in [0.15, 0.2) is 0 Å².